The first-order valence-corrected chi connectivity index (χ1v) is 6.19. The zero-order chi connectivity index (χ0) is 11.2. The highest BCUT2D eigenvalue weighted by Crippen LogP contribution is 2.22. The van der Waals surface area contributed by atoms with Crippen LogP contribution in [0.4, 0.5) is 5.82 Å². The molecule has 1 heterocycles. The van der Waals surface area contributed by atoms with Crippen LogP contribution in [0.15, 0.2) is 18.3 Å². The molecule has 88 valence electrons. The second kappa shape index (κ2) is 5.85. The molecule has 0 aliphatic heterocycles. The van der Waals surface area contributed by atoms with Crippen LogP contribution in [-0.4, -0.2) is 17.6 Å². The highest BCUT2D eigenvalue weighted by atomic mass is 16.5. The van der Waals surface area contributed by atoms with Crippen LogP contribution in [0.25, 0.3) is 0 Å². The van der Waals surface area contributed by atoms with Crippen molar-refractivity contribution in [3.63, 3.8) is 0 Å². The molecule has 0 amide bonds. The molecule has 0 saturated heterocycles. The van der Waals surface area contributed by atoms with Crippen LogP contribution >= 0.6 is 0 Å². The first kappa shape index (κ1) is 11.4. The summed E-state index contributed by atoms with van der Waals surface area (Å²) in [4.78, 5) is 4.24. The van der Waals surface area contributed by atoms with E-state index in [0.29, 0.717) is 12.7 Å². The summed E-state index contributed by atoms with van der Waals surface area (Å²) in [6.45, 7) is 3.69. The lowest BCUT2D eigenvalue weighted by atomic mass is 10.2. The molecule has 0 radical (unpaired) electrons. The first-order valence-electron chi connectivity index (χ1n) is 6.19. The summed E-state index contributed by atoms with van der Waals surface area (Å²) in [7, 11) is 0. The Bertz CT molecular complexity index is 321. The SMILES string of the molecule is CCNc1cc(COC2CCCC2)ccn1. The highest BCUT2D eigenvalue weighted by molar-refractivity contribution is 5.36. The molecule has 1 aliphatic rings. The zero-order valence-electron chi connectivity index (χ0n) is 9.91. The fourth-order valence-electron chi connectivity index (χ4n) is 2.11. The molecule has 1 fully saturated rings. The number of pyridine rings is 1. The van der Waals surface area contributed by atoms with Crippen molar-refractivity contribution in [3.05, 3.63) is 23.9 Å². The van der Waals surface area contributed by atoms with E-state index in [1.807, 2.05) is 12.3 Å². The fourth-order valence-corrected chi connectivity index (χ4v) is 2.11. The maximum Gasteiger partial charge on any atom is 0.126 e. The van der Waals surface area contributed by atoms with Gasteiger partial charge in [-0.05, 0) is 37.5 Å². The van der Waals surface area contributed by atoms with Gasteiger partial charge in [0.15, 0.2) is 0 Å². The number of nitrogens with one attached hydrogen (secondary N) is 1. The van der Waals surface area contributed by atoms with E-state index in [2.05, 4.69) is 23.3 Å². The maximum absolute atomic E-state index is 5.87. The van der Waals surface area contributed by atoms with Crippen molar-refractivity contribution in [2.75, 3.05) is 11.9 Å². The summed E-state index contributed by atoms with van der Waals surface area (Å²) in [6.07, 6.45) is 7.42. The summed E-state index contributed by atoms with van der Waals surface area (Å²) < 4.78 is 5.87. The average molecular weight is 220 g/mol. The topological polar surface area (TPSA) is 34.1 Å². The molecule has 1 saturated carbocycles. The van der Waals surface area contributed by atoms with E-state index in [0.717, 1.165) is 12.4 Å². The van der Waals surface area contributed by atoms with Gasteiger partial charge in [-0.1, -0.05) is 12.8 Å². The van der Waals surface area contributed by atoms with E-state index >= 15 is 0 Å². The minimum Gasteiger partial charge on any atom is -0.374 e. The Labute approximate surface area is 97.2 Å². The standard InChI is InChI=1S/C13H20N2O/c1-2-14-13-9-11(7-8-15-13)10-16-12-5-3-4-6-12/h7-9,12H,2-6,10H2,1H3,(H,14,15). The number of aromatic nitrogens is 1. The normalized spacial score (nSPS) is 16.6. The molecule has 3 nitrogen and oxygen atoms in total. The van der Waals surface area contributed by atoms with Crippen molar-refractivity contribution in [3.8, 4) is 0 Å². The van der Waals surface area contributed by atoms with Gasteiger partial charge in [0.05, 0.1) is 12.7 Å². The van der Waals surface area contributed by atoms with E-state index < -0.39 is 0 Å². The summed E-state index contributed by atoms with van der Waals surface area (Å²) in [5.74, 6) is 0.940. The minimum absolute atomic E-state index is 0.482. The Balaban J connectivity index is 1.85. The molecule has 0 unspecified atom stereocenters. The van der Waals surface area contributed by atoms with Gasteiger partial charge in [0, 0.05) is 12.7 Å². The first-order chi connectivity index (χ1) is 7.88. The van der Waals surface area contributed by atoms with Gasteiger partial charge < -0.3 is 10.1 Å². The molecular weight excluding hydrogens is 200 g/mol. The third kappa shape index (κ3) is 3.20. The summed E-state index contributed by atoms with van der Waals surface area (Å²) in [5.41, 5.74) is 1.21. The number of hydrogen-bond donors (Lipinski definition) is 1. The van der Waals surface area contributed by atoms with Crippen molar-refractivity contribution in [1.29, 1.82) is 0 Å². The van der Waals surface area contributed by atoms with Gasteiger partial charge in [-0.2, -0.15) is 0 Å². The minimum atomic E-state index is 0.482. The molecule has 1 N–H and O–H groups in total. The van der Waals surface area contributed by atoms with Gasteiger partial charge in [-0.25, -0.2) is 4.98 Å². The lowest BCUT2D eigenvalue weighted by Gasteiger charge is -2.11. The third-order valence-electron chi connectivity index (χ3n) is 2.97. The lowest BCUT2D eigenvalue weighted by molar-refractivity contribution is 0.0457. The molecule has 3 heteroatoms. The quantitative estimate of drug-likeness (QED) is 0.828. The van der Waals surface area contributed by atoms with Crippen LogP contribution in [-0.2, 0) is 11.3 Å². The average Bonchev–Trinajstić information content (AvgIpc) is 2.80. The Kier molecular flexibility index (Phi) is 4.17. The second-order valence-corrected chi connectivity index (χ2v) is 4.30. The molecule has 0 atom stereocenters. The summed E-state index contributed by atoms with van der Waals surface area (Å²) in [5, 5.41) is 3.21. The lowest BCUT2D eigenvalue weighted by Crippen LogP contribution is -2.07. The van der Waals surface area contributed by atoms with Gasteiger partial charge in [0.2, 0.25) is 0 Å². The molecule has 16 heavy (non-hydrogen) atoms. The second-order valence-electron chi connectivity index (χ2n) is 4.30. The van der Waals surface area contributed by atoms with Gasteiger partial charge in [0.1, 0.15) is 5.82 Å². The largest absolute Gasteiger partial charge is 0.374 e. The number of nitrogens with zero attached hydrogens (tertiary/aromatic N) is 1. The number of hydrogen-bond acceptors (Lipinski definition) is 3. The predicted molar refractivity (Wildman–Crippen MR) is 65.4 cm³/mol. The van der Waals surface area contributed by atoms with Crippen LogP contribution in [0, 0.1) is 0 Å². The Hall–Kier alpha value is -1.09. The number of rotatable bonds is 5. The van der Waals surface area contributed by atoms with Crippen LogP contribution in [0.3, 0.4) is 0 Å². The number of anilines is 1. The van der Waals surface area contributed by atoms with E-state index in [9.17, 15) is 0 Å². The Morgan fingerprint density at radius 2 is 2.25 bits per heavy atom. The molecule has 1 aromatic heterocycles. The highest BCUT2D eigenvalue weighted by Gasteiger charge is 2.15. The van der Waals surface area contributed by atoms with Gasteiger partial charge in [-0.3, -0.25) is 0 Å². The predicted octanol–water partition coefficient (Wildman–Crippen LogP) is 2.97. The Morgan fingerprint density at radius 1 is 1.44 bits per heavy atom. The van der Waals surface area contributed by atoms with Crippen LogP contribution < -0.4 is 5.32 Å². The van der Waals surface area contributed by atoms with E-state index in [1.54, 1.807) is 0 Å². The van der Waals surface area contributed by atoms with Gasteiger partial charge >= 0.3 is 0 Å². The summed E-state index contributed by atoms with van der Waals surface area (Å²) in [6, 6.07) is 4.09. The van der Waals surface area contributed by atoms with E-state index in [1.165, 1.54) is 31.2 Å². The third-order valence-corrected chi connectivity index (χ3v) is 2.97. The van der Waals surface area contributed by atoms with Crippen molar-refractivity contribution in [2.45, 2.75) is 45.3 Å². The fraction of sp³-hybridized carbons (Fsp3) is 0.615. The van der Waals surface area contributed by atoms with Crippen LogP contribution in [0.2, 0.25) is 0 Å². The maximum atomic E-state index is 5.87. The molecule has 2 rings (SSSR count). The van der Waals surface area contributed by atoms with Gasteiger partial charge in [0.25, 0.3) is 0 Å². The molecule has 0 spiro atoms. The molecule has 0 bridgehead atoms. The van der Waals surface area contributed by atoms with E-state index in [4.69, 9.17) is 4.74 Å². The van der Waals surface area contributed by atoms with Crippen LogP contribution in [0.5, 0.6) is 0 Å². The molecule has 1 aliphatic carbocycles. The van der Waals surface area contributed by atoms with Crippen molar-refractivity contribution in [1.82, 2.24) is 4.98 Å². The Morgan fingerprint density at radius 3 is 3.00 bits per heavy atom. The molecular formula is C13H20N2O. The monoisotopic (exact) mass is 220 g/mol. The van der Waals surface area contributed by atoms with E-state index in [-0.39, 0.29) is 0 Å². The number of ether oxygens (including phenoxy) is 1. The van der Waals surface area contributed by atoms with Crippen molar-refractivity contribution in [2.24, 2.45) is 0 Å². The van der Waals surface area contributed by atoms with Crippen molar-refractivity contribution >= 4 is 5.82 Å². The molecule has 1 aromatic rings. The zero-order valence-corrected chi connectivity index (χ0v) is 9.91. The van der Waals surface area contributed by atoms with Crippen LogP contribution in [0.1, 0.15) is 38.2 Å². The van der Waals surface area contributed by atoms with Gasteiger partial charge in [-0.15, -0.1) is 0 Å². The smallest absolute Gasteiger partial charge is 0.126 e. The summed E-state index contributed by atoms with van der Waals surface area (Å²) >= 11 is 0. The van der Waals surface area contributed by atoms with Crippen molar-refractivity contribution < 1.29 is 4.74 Å². The molecule has 0 aromatic carbocycles.